The average Bonchev–Trinajstić information content (AvgIpc) is 2.01. The Morgan fingerprint density at radius 1 is 1.55 bits per heavy atom. The van der Waals surface area contributed by atoms with E-state index in [-0.39, 0.29) is 0 Å². The lowest BCUT2D eigenvalue weighted by Gasteiger charge is -1.98. The smallest absolute Gasteiger partial charge is 0.0772 e. The molecule has 0 aliphatic rings. The number of aliphatic imine (C=N–C) groups is 1. The van der Waals surface area contributed by atoms with E-state index in [1.807, 2.05) is 0 Å². The van der Waals surface area contributed by atoms with Crippen molar-refractivity contribution in [1.29, 1.82) is 0 Å². The Bertz CT molecular complexity index is 150. The summed E-state index contributed by atoms with van der Waals surface area (Å²) in [4.78, 5) is 4.12. The molecule has 0 N–H and O–H groups in total. The van der Waals surface area contributed by atoms with Gasteiger partial charge in [0, 0.05) is 6.20 Å². The molecule has 62 valence electrons. The molecule has 0 saturated heterocycles. The van der Waals surface area contributed by atoms with Gasteiger partial charge in [-0.25, -0.2) is 0 Å². The molecule has 0 bridgehead atoms. The molecule has 1 nitrogen and oxygen atoms in total. The highest BCUT2D eigenvalue weighted by Gasteiger charge is 1.94. The fourth-order valence-electron chi connectivity index (χ4n) is 0.680. The summed E-state index contributed by atoms with van der Waals surface area (Å²) in [5.74, 6) is 0. The summed E-state index contributed by atoms with van der Waals surface area (Å²) < 4.78 is 0. The van der Waals surface area contributed by atoms with E-state index in [9.17, 15) is 0 Å². The molecule has 0 aromatic carbocycles. The molecule has 0 atom stereocenters. The van der Waals surface area contributed by atoms with E-state index in [1.54, 1.807) is 23.4 Å². The Hall–Kier alpha value is -0.500. The summed E-state index contributed by atoms with van der Waals surface area (Å²) in [5, 5.41) is 2.91. The summed E-state index contributed by atoms with van der Waals surface area (Å²) in [6.07, 6.45) is 5.02. The van der Waals surface area contributed by atoms with Gasteiger partial charge in [-0.2, -0.15) is 0 Å². The number of hydrogen-bond donors (Lipinski definition) is 0. The predicted molar refractivity (Wildman–Crippen MR) is 54.9 cm³/mol. The Labute approximate surface area is 73.3 Å². The van der Waals surface area contributed by atoms with Crippen LogP contribution in [0.25, 0.3) is 0 Å². The quantitative estimate of drug-likeness (QED) is 0.452. The Morgan fingerprint density at radius 3 is 2.73 bits per heavy atom. The monoisotopic (exact) mass is 169 g/mol. The molecular formula is C9H15NS. The lowest BCUT2D eigenvalue weighted by Crippen LogP contribution is -1.88. The largest absolute Gasteiger partial charge is 0.255 e. The predicted octanol–water partition coefficient (Wildman–Crippen LogP) is 3.60. The Kier molecular flexibility index (Phi) is 7.26. The Morgan fingerprint density at radius 2 is 2.27 bits per heavy atom. The summed E-state index contributed by atoms with van der Waals surface area (Å²) in [7, 11) is 0. The molecule has 0 heterocycles. The van der Waals surface area contributed by atoms with E-state index in [1.165, 1.54) is 12.8 Å². The normalized spacial score (nSPS) is 11.2. The first-order valence-electron chi connectivity index (χ1n) is 3.80. The van der Waals surface area contributed by atoms with Gasteiger partial charge in [0.15, 0.2) is 0 Å². The zero-order valence-electron chi connectivity index (χ0n) is 7.05. The van der Waals surface area contributed by atoms with Crippen LogP contribution in [0.15, 0.2) is 29.8 Å². The third kappa shape index (κ3) is 5.92. The fourth-order valence-corrected chi connectivity index (χ4v) is 1.27. The molecule has 0 saturated carbocycles. The molecule has 0 spiro atoms. The van der Waals surface area contributed by atoms with Gasteiger partial charge in [-0.1, -0.05) is 38.3 Å². The maximum Gasteiger partial charge on any atom is 0.0772 e. The molecule has 0 aliphatic heterocycles. The summed E-state index contributed by atoms with van der Waals surface area (Å²) in [6.45, 7) is 9.37. The minimum atomic E-state index is 1.04. The SMILES string of the molecule is C=CN=C(CCCC)SC=C. The van der Waals surface area contributed by atoms with Crippen molar-refractivity contribution in [3.8, 4) is 0 Å². The average molecular weight is 169 g/mol. The maximum absolute atomic E-state index is 4.12. The van der Waals surface area contributed by atoms with Gasteiger partial charge in [-0.05, 0) is 18.2 Å². The number of hydrogen-bond acceptors (Lipinski definition) is 2. The van der Waals surface area contributed by atoms with Gasteiger partial charge in [0.1, 0.15) is 0 Å². The van der Waals surface area contributed by atoms with E-state index in [4.69, 9.17) is 0 Å². The molecule has 0 aromatic rings. The van der Waals surface area contributed by atoms with Crippen LogP contribution in [0.2, 0.25) is 0 Å². The summed E-state index contributed by atoms with van der Waals surface area (Å²) in [5.41, 5.74) is 0. The van der Waals surface area contributed by atoms with Crippen molar-refractivity contribution in [1.82, 2.24) is 0 Å². The van der Waals surface area contributed by atoms with Crippen LogP contribution in [-0.2, 0) is 0 Å². The standard InChI is InChI=1S/C9H15NS/c1-4-7-8-9(10-5-2)11-6-3/h5-6H,2-4,7-8H2,1H3. The van der Waals surface area contributed by atoms with Crippen LogP contribution in [0, 0.1) is 0 Å². The molecular weight excluding hydrogens is 154 g/mol. The molecule has 0 unspecified atom stereocenters. The van der Waals surface area contributed by atoms with Crippen molar-refractivity contribution in [2.24, 2.45) is 4.99 Å². The molecule has 0 radical (unpaired) electrons. The topological polar surface area (TPSA) is 12.4 Å². The number of rotatable bonds is 5. The third-order valence-electron chi connectivity index (χ3n) is 1.20. The number of nitrogens with zero attached hydrogens (tertiary/aromatic N) is 1. The molecule has 0 amide bonds. The van der Waals surface area contributed by atoms with Gasteiger partial charge in [0.05, 0.1) is 5.04 Å². The van der Waals surface area contributed by atoms with E-state index in [0.717, 1.165) is 11.5 Å². The van der Waals surface area contributed by atoms with Crippen LogP contribution in [0.3, 0.4) is 0 Å². The van der Waals surface area contributed by atoms with E-state index >= 15 is 0 Å². The lowest BCUT2D eigenvalue weighted by atomic mass is 10.3. The first kappa shape index (κ1) is 10.5. The highest BCUT2D eigenvalue weighted by Crippen LogP contribution is 2.11. The van der Waals surface area contributed by atoms with Crippen molar-refractivity contribution in [3.05, 3.63) is 24.8 Å². The lowest BCUT2D eigenvalue weighted by molar-refractivity contribution is 0.840. The van der Waals surface area contributed by atoms with Crippen LogP contribution < -0.4 is 0 Å². The Balaban J connectivity index is 3.78. The van der Waals surface area contributed by atoms with Gasteiger partial charge < -0.3 is 0 Å². The van der Waals surface area contributed by atoms with Gasteiger partial charge >= 0.3 is 0 Å². The van der Waals surface area contributed by atoms with E-state index < -0.39 is 0 Å². The van der Waals surface area contributed by atoms with Crippen molar-refractivity contribution in [2.75, 3.05) is 0 Å². The summed E-state index contributed by atoms with van der Waals surface area (Å²) in [6, 6.07) is 0. The van der Waals surface area contributed by atoms with Crippen LogP contribution in [0.4, 0.5) is 0 Å². The van der Waals surface area contributed by atoms with Gasteiger partial charge in [0.2, 0.25) is 0 Å². The first-order chi connectivity index (χ1) is 5.35. The third-order valence-corrected chi connectivity index (χ3v) is 1.95. The molecule has 0 rings (SSSR count). The summed E-state index contributed by atoms with van der Waals surface area (Å²) >= 11 is 1.58. The number of thioether (sulfide) groups is 1. The van der Waals surface area contributed by atoms with Crippen molar-refractivity contribution in [3.63, 3.8) is 0 Å². The minimum absolute atomic E-state index is 1.04. The van der Waals surface area contributed by atoms with Crippen LogP contribution in [0.5, 0.6) is 0 Å². The highest BCUT2D eigenvalue weighted by atomic mass is 32.2. The minimum Gasteiger partial charge on any atom is -0.255 e. The molecule has 0 fully saturated rings. The van der Waals surface area contributed by atoms with Gasteiger partial charge in [-0.3, -0.25) is 4.99 Å². The fraction of sp³-hybridized carbons (Fsp3) is 0.444. The van der Waals surface area contributed by atoms with Gasteiger partial charge in [-0.15, -0.1) is 0 Å². The van der Waals surface area contributed by atoms with Crippen LogP contribution in [0.1, 0.15) is 26.2 Å². The second-order valence-corrected chi connectivity index (χ2v) is 3.13. The molecule has 11 heavy (non-hydrogen) atoms. The maximum atomic E-state index is 4.12. The zero-order valence-corrected chi connectivity index (χ0v) is 7.86. The molecule has 0 aromatic heterocycles. The van der Waals surface area contributed by atoms with Crippen molar-refractivity contribution >= 4 is 16.8 Å². The van der Waals surface area contributed by atoms with Crippen LogP contribution >= 0.6 is 11.8 Å². The molecule has 0 aliphatic carbocycles. The second kappa shape index (κ2) is 7.61. The number of unbranched alkanes of at least 4 members (excludes halogenated alkanes) is 1. The first-order valence-corrected chi connectivity index (χ1v) is 4.68. The van der Waals surface area contributed by atoms with Crippen molar-refractivity contribution < 1.29 is 0 Å². The van der Waals surface area contributed by atoms with Gasteiger partial charge in [0.25, 0.3) is 0 Å². The van der Waals surface area contributed by atoms with E-state index in [2.05, 4.69) is 25.1 Å². The van der Waals surface area contributed by atoms with Crippen molar-refractivity contribution in [2.45, 2.75) is 26.2 Å². The second-order valence-electron chi connectivity index (χ2n) is 2.09. The van der Waals surface area contributed by atoms with E-state index in [0.29, 0.717) is 0 Å². The van der Waals surface area contributed by atoms with Crippen LogP contribution in [-0.4, -0.2) is 5.04 Å². The zero-order chi connectivity index (χ0) is 8.53. The molecule has 2 heteroatoms. The highest BCUT2D eigenvalue weighted by molar-refractivity contribution is 8.16.